The van der Waals surface area contributed by atoms with Crippen LogP contribution in [0.4, 0.5) is 11.4 Å². The van der Waals surface area contributed by atoms with Gasteiger partial charge >= 0.3 is 5.97 Å². The highest BCUT2D eigenvalue weighted by atomic mass is 16.5. The molecule has 36 heavy (non-hydrogen) atoms. The third kappa shape index (κ3) is 3.59. The van der Waals surface area contributed by atoms with Gasteiger partial charge in [-0.15, -0.1) is 0 Å². The Kier molecular flexibility index (Phi) is 5.39. The van der Waals surface area contributed by atoms with Crippen molar-refractivity contribution < 1.29 is 28.7 Å². The molecule has 3 fully saturated rings. The minimum Gasteiger partial charge on any atom is -0.494 e. The van der Waals surface area contributed by atoms with Gasteiger partial charge in [0.05, 0.1) is 30.0 Å². The van der Waals surface area contributed by atoms with Gasteiger partial charge in [-0.2, -0.15) is 0 Å². The zero-order valence-corrected chi connectivity index (χ0v) is 19.8. The number of anilines is 2. The lowest BCUT2D eigenvalue weighted by Crippen LogP contribution is -2.32. The fraction of sp³-hybridized carbons (Fsp3) is 0.357. The molecule has 6 rings (SSSR count). The summed E-state index contributed by atoms with van der Waals surface area (Å²) in [6.07, 6.45) is 5.02. The number of hydrogen-bond donors (Lipinski definition) is 0. The lowest BCUT2D eigenvalue weighted by atomic mass is 9.85. The van der Waals surface area contributed by atoms with Gasteiger partial charge in [-0.3, -0.25) is 19.2 Å². The predicted molar refractivity (Wildman–Crippen MR) is 130 cm³/mol. The molecular formula is C28H26N2O6. The van der Waals surface area contributed by atoms with Crippen molar-refractivity contribution >= 4 is 35.1 Å². The molecule has 2 aromatic carbocycles. The van der Waals surface area contributed by atoms with Crippen molar-refractivity contribution in [1.29, 1.82) is 0 Å². The number of imide groups is 1. The summed E-state index contributed by atoms with van der Waals surface area (Å²) >= 11 is 0. The Morgan fingerprint density at radius 2 is 1.61 bits per heavy atom. The van der Waals surface area contributed by atoms with Gasteiger partial charge < -0.3 is 14.4 Å². The Hall–Kier alpha value is -3.94. The summed E-state index contributed by atoms with van der Waals surface area (Å²) in [6.45, 7) is 2.67. The van der Waals surface area contributed by atoms with Crippen molar-refractivity contribution in [3.05, 3.63) is 60.7 Å². The number of fused-ring (bicyclic) bond motifs is 5. The SMILES string of the molecule is CCOc1ccc(N2C[C@@H](C(=O)Oc3cccc(N4C(=O)[C@@H]5[C@@H](C4=O)[C@H]4C=C[C@@H]5C4)c3)CC2=O)cc1. The molecule has 8 heteroatoms. The van der Waals surface area contributed by atoms with E-state index in [0.717, 1.165) is 6.42 Å². The largest absolute Gasteiger partial charge is 0.494 e. The first-order valence-electron chi connectivity index (χ1n) is 12.4. The molecule has 4 aliphatic rings. The fourth-order valence-electron chi connectivity index (χ4n) is 6.05. The number of carbonyl (C=O) groups is 4. The summed E-state index contributed by atoms with van der Waals surface area (Å²) in [4.78, 5) is 54.5. The molecule has 2 aromatic rings. The van der Waals surface area contributed by atoms with E-state index in [2.05, 4.69) is 12.2 Å². The number of benzene rings is 2. The lowest BCUT2D eigenvalue weighted by molar-refractivity contribution is -0.139. The Labute approximate surface area is 208 Å². The van der Waals surface area contributed by atoms with Crippen molar-refractivity contribution in [2.45, 2.75) is 19.8 Å². The van der Waals surface area contributed by atoms with Crippen molar-refractivity contribution in [3.63, 3.8) is 0 Å². The zero-order chi connectivity index (χ0) is 25.0. The molecule has 0 radical (unpaired) electrons. The van der Waals surface area contributed by atoms with Crippen LogP contribution in [0.2, 0.25) is 0 Å². The van der Waals surface area contributed by atoms with Crippen molar-refractivity contribution in [2.75, 3.05) is 23.0 Å². The van der Waals surface area contributed by atoms with Gasteiger partial charge in [0.1, 0.15) is 11.5 Å². The van der Waals surface area contributed by atoms with Crippen LogP contribution in [0.5, 0.6) is 11.5 Å². The second-order valence-electron chi connectivity index (χ2n) is 9.76. The summed E-state index contributed by atoms with van der Waals surface area (Å²) in [5.74, 6) is -1.05. The Bertz CT molecular complexity index is 1260. The van der Waals surface area contributed by atoms with E-state index in [1.54, 1.807) is 53.4 Å². The molecule has 2 heterocycles. The van der Waals surface area contributed by atoms with Crippen LogP contribution in [0.25, 0.3) is 0 Å². The van der Waals surface area contributed by atoms with E-state index in [4.69, 9.17) is 9.47 Å². The van der Waals surface area contributed by atoms with E-state index in [-0.39, 0.29) is 60.1 Å². The normalized spacial score (nSPS) is 28.2. The Morgan fingerprint density at radius 3 is 2.28 bits per heavy atom. The highest BCUT2D eigenvalue weighted by Gasteiger charge is 2.59. The van der Waals surface area contributed by atoms with Gasteiger partial charge in [-0.05, 0) is 61.6 Å². The van der Waals surface area contributed by atoms with Gasteiger partial charge in [-0.1, -0.05) is 18.2 Å². The third-order valence-corrected chi connectivity index (χ3v) is 7.68. The summed E-state index contributed by atoms with van der Waals surface area (Å²) < 4.78 is 11.0. The summed E-state index contributed by atoms with van der Waals surface area (Å²) in [6, 6.07) is 13.7. The standard InChI is InChI=1S/C28H26N2O6/c1-2-35-21-10-8-19(9-11-21)29-15-18(13-23(29)31)28(34)36-22-5-3-4-20(14-22)30-26(32)24-16-6-7-17(12-16)25(24)27(30)33/h3-11,14,16-18,24-25H,2,12-13,15H2,1H3/t16-,17+,18-,24-,25-/m0/s1. The molecule has 0 aromatic heterocycles. The summed E-state index contributed by atoms with van der Waals surface area (Å²) in [5, 5.41) is 0. The van der Waals surface area contributed by atoms with Crippen LogP contribution < -0.4 is 19.3 Å². The van der Waals surface area contributed by atoms with E-state index in [0.29, 0.717) is 23.7 Å². The number of amides is 3. The molecule has 2 bridgehead atoms. The number of allylic oxidation sites excluding steroid dienone is 2. The molecule has 0 spiro atoms. The summed E-state index contributed by atoms with van der Waals surface area (Å²) in [5.41, 5.74) is 1.10. The quantitative estimate of drug-likeness (QED) is 0.269. The predicted octanol–water partition coefficient (Wildman–Crippen LogP) is 3.36. The maximum absolute atomic E-state index is 13.1. The van der Waals surface area contributed by atoms with Crippen molar-refractivity contribution in [3.8, 4) is 11.5 Å². The average Bonchev–Trinajstić information content (AvgIpc) is 3.63. The first-order valence-corrected chi connectivity index (χ1v) is 12.4. The first-order chi connectivity index (χ1) is 17.4. The fourth-order valence-corrected chi connectivity index (χ4v) is 6.05. The molecule has 8 nitrogen and oxygen atoms in total. The highest BCUT2D eigenvalue weighted by Crippen LogP contribution is 2.53. The molecule has 0 N–H and O–H groups in total. The number of rotatable bonds is 6. The van der Waals surface area contributed by atoms with Crippen LogP contribution in [0, 0.1) is 29.6 Å². The molecule has 184 valence electrons. The van der Waals surface area contributed by atoms with E-state index >= 15 is 0 Å². The lowest BCUT2D eigenvalue weighted by Gasteiger charge is -2.18. The molecule has 0 unspecified atom stereocenters. The van der Waals surface area contributed by atoms with Crippen LogP contribution in [0.3, 0.4) is 0 Å². The molecular weight excluding hydrogens is 460 g/mol. The molecule has 2 aliphatic heterocycles. The van der Waals surface area contributed by atoms with Crippen LogP contribution in [-0.4, -0.2) is 36.8 Å². The third-order valence-electron chi connectivity index (χ3n) is 7.68. The minimum absolute atomic E-state index is 0.0496. The number of carbonyl (C=O) groups excluding carboxylic acids is 4. The van der Waals surface area contributed by atoms with E-state index in [1.807, 2.05) is 6.92 Å². The molecule has 2 saturated heterocycles. The maximum atomic E-state index is 13.1. The highest BCUT2D eigenvalue weighted by molar-refractivity contribution is 6.22. The minimum atomic E-state index is -0.621. The average molecular weight is 487 g/mol. The number of ether oxygens (including phenoxy) is 2. The van der Waals surface area contributed by atoms with Gasteiger partial charge in [0, 0.05) is 24.7 Å². The maximum Gasteiger partial charge on any atom is 0.316 e. The monoisotopic (exact) mass is 486 g/mol. The molecule has 5 atom stereocenters. The first kappa shape index (κ1) is 22.5. The Balaban J connectivity index is 1.14. The zero-order valence-electron chi connectivity index (χ0n) is 19.8. The molecule has 1 saturated carbocycles. The van der Waals surface area contributed by atoms with Gasteiger partial charge in [-0.25, -0.2) is 4.90 Å². The second-order valence-corrected chi connectivity index (χ2v) is 9.76. The van der Waals surface area contributed by atoms with E-state index in [1.165, 1.54) is 4.90 Å². The van der Waals surface area contributed by atoms with Gasteiger partial charge in [0.2, 0.25) is 17.7 Å². The number of esters is 1. The van der Waals surface area contributed by atoms with Crippen molar-refractivity contribution in [2.24, 2.45) is 29.6 Å². The number of nitrogens with zero attached hydrogens (tertiary/aromatic N) is 2. The van der Waals surface area contributed by atoms with Gasteiger partial charge in [0.15, 0.2) is 0 Å². The van der Waals surface area contributed by atoms with Crippen LogP contribution in [-0.2, 0) is 19.2 Å². The summed E-state index contributed by atoms with van der Waals surface area (Å²) in [7, 11) is 0. The van der Waals surface area contributed by atoms with Crippen molar-refractivity contribution in [1.82, 2.24) is 0 Å². The van der Waals surface area contributed by atoms with Crippen LogP contribution in [0.15, 0.2) is 60.7 Å². The van der Waals surface area contributed by atoms with Crippen LogP contribution in [0.1, 0.15) is 19.8 Å². The Morgan fingerprint density at radius 1 is 0.917 bits per heavy atom. The second kappa shape index (κ2) is 8.62. The van der Waals surface area contributed by atoms with E-state index in [9.17, 15) is 19.2 Å². The van der Waals surface area contributed by atoms with Crippen LogP contribution >= 0.6 is 0 Å². The topological polar surface area (TPSA) is 93.2 Å². The van der Waals surface area contributed by atoms with E-state index < -0.39 is 11.9 Å². The molecule has 2 aliphatic carbocycles. The number of hydrogen-bond acceptors (Lipinski definition) is 6. The van der Waals surface area contributed by atoms with Gasteiger partial charge in [0.25, 0.3) is 0 Å². The smallest absolute Gasteiger partial charge is 0.316 e. The molecule has 3 amide bonds.